The largest absolute Gasteiger partial charge is 0.416 e. The van der Waals surface area contributed by atoms with E-state index in [1.807, 2.05) is 42.5 Å². The lowest BCUT2D eigenvalue weighted by molar-refractivity contribution is -0.158. The van der Waals surface area contributed by atoms with Crippen molar-refractivity contribution in [2.75, 3.05) is 20.3 Å². The number of hydrogen-bond acceptors (Lipinski definition) is 6. The molecule has 1 aromatic carbocycles. The fourth-order valence-electron chi connectivity index (χ4n) is 4.33. The van der Waals surface area contributed by atoms with E-state index in [9.17, 15) is 9.59 Å². The Bertz CT molecular complexity index is 844. The molecule has 1 aliphatic carbocycles. The standard InChI is InChI=1S/C25H36O6Si/c1-24(2,3)32(5,6)30-17-19-12-13-20(28-4)25(21(19)22(26)31-23(25)27)14-15-29-16-18-10-8-7-9-11-18/h7-13,19-21H,14-17H2,1-6H3/t19-,20-,21-,25-/m0/s1. The topological polar surface area (TPSA) is 71.1 Å². The summed E-state index contributed by atoms with van der Waals surface area (Å²) in [7, 11) is -0.460. The summed E-state index contributed by atoms with van der Waals surface area (Å²) < 4.78 is 23.1. The maximum Gasteiger partial charge on any atom is 0.323 e. The van der Waals surface area contributed by atoms with Gasteiger partial charge in [0.15, 0.2) is 8.32 Å². The molecule has 1 aliphatic heterocycles. The van der Waals surface area contributed by atoms with Gasteiger partial charge in [-0.15, -0.1) is 0 Å². The lowest BCUT2D eigenvalue weighted by Gasteiger charge is -2.42. The number of carbonyl (C=O) groups is 2. The number of benzene rings is 1. The Labute approximate surface area is 192 Å². The van der Waals surface area contributed by atoms with Gasteiger partial charge >= 0.3 is 11.9 Å². The number of rotatable bonds is 9. The van der Waals surface area contributed by atoms with Crippen LogP contribution in [0.25, 0.3) is 0 Å². The average Bonchev–Trinajstić information content (AvgIpc) is 3.00. The average molecular weight is 461 g/mol. The third-order valence-electron chi connectivity index (χ3n) is 7.32. The summed E-state index contributed by atoms with van der Waals surface area (Å²) in [5.41, 5.74) is -0.0438. The van der Waals surface area contributed by atoms with Crippen molar-refractivity contribution in [1.82, 2.24) is 0 Å². The van der Waals surface area contributed by atoms with Gasteiger partial charge in [0.05, 0.1) is 18.6 Å². The minimum atomic E-state index is -2.02. The number of carbonyl (C=O) groups excluding carboxylic acids is 2. The number of ether oxygens (including phenoxy) is 3. The van der Waals surface area contributed by atoms with Crippen LogP contribution in [0.1, 0.15) is 32.8 Å². The van der Waals surface area contributed by atoms with Crippen molar-refractivity contribution in [3.05, 3.63) is 48.0 Å². The van der Waals surface area contributed by atoms with E-state index < -0.39 is 37.7 Å². The maximum absolute atomic E-state index is 13.0. The van der Waals surface area contributed by atoms with Crippen LogP contribution in [-0.4, -0.2) is 46.7 Å². The molecule has 0 unspecified atom stereocenters. The van der Waals surface area contributed by atoms with Crippen LogP contribution in [0.4, 0.5) is 0 Å². The zero-order chi connectivity index (χ0) is 23.6. The first-order valence-corrected chi connectivity index (χ1v) is 14.2. The minimum Gasteiger partial charge on any atom is -0.416 e. The Morgan fingerprint density at radius 3 is 2.41 bits per heavy atom. The normalized spacial score (nSPS) is 28.0. The second kappa shape index (κ2) is 9.59. The summed E-state index contributed by atoms with van der Waals surface area (Å²) in [5.74, 6) is -1.91. The van der Waals surface area contributed by atoms with E-state index in [0.717, 1.165) is 5.56 Å². The lowest BCUT2D eigenvalue weighted by atomic mass is 9.62. The van der Waals surface area contributed by atoms with Crippen molar-refractivity contribution in [3.63, 3.8) is 0 Å². The molecule has 1 saturated heterocycles. The quantitative estimate of drug-likeness (QED) is 0.178. The third-order valence-corrected chi connectivity index (χ3v) is 11.8. The summed E-state index contributed by atoms with van der Waals surface area (Å²) >= 11 is 0. The zero-order valence-corrected chi connectivity index (χ0v) is 21.1. The molecule has 32 heavy (non-hydrogen) atoms. The predicted octanol–water partition coefficient (Wildman–Crippen LogP) is 4.50. The Morgan fingerprint density at radius 2 is 1.78 bits per heavy atom. The SMILES string of the molecule is CO[C@H]1C=C[C@@H](CO[Si](C)(C)C(C)(C)C)[C@H]2C(=O)OC(=O)[C@@]12CCOCc1ccccc1. The molecule has 176 valence electrons. The fraction of sp³-hybridized carbons (Fsp3) is 0.600. The molecule has 0 amide bonds. The molecule has 0 N–H and O–H groups in total. The molecular weight excluding hydrogens is 424 g/mol. The number of methoxy groups -OCH3 is 1. The highest BCUT2D eigenvalue weighted by Crippen LogP contribution is 2.51. The summed E-state index contributed by atoms with van der Waals surface area (Å²) in [6.45, 7) is 12.0. The molecular formula is C25H36O6Si. The molecule has 0 aromatic heterocycles. The molecule has 1 fully saturated rings. The van der Waals surface area contributed by atoms with Crippen LogP contribution < -0.4 is 0 Å². The van der Waals surface area contributed by atoms with Gasteiger partial charge in [-0.1, -0.05) is 63.3 Å². The second-order valence-corrected chi connectivity index (χ2v) is 15.1. The van der Waals surface area contributed by atoms with Crippen molar-refractivity contribution in [2.45, 2.75) is 58.0 Å². The van der Waals surface area contributed by atoms with Gasteiger partial charge in [0.25, 0.3) is 0 Å². The van der Waals surface area contributed by atoms with Crippen molar-refractivity contribution in [1.29, 1.82) is 0 Å². The molecule has 7 heteroatoms. The van der Waals surface area contributed by atoms with E-state index in [1.165, 1.54) is 0 Å². The van der Waals surface area contributed by atoms with Crippen LogP contribution in [0.2, 0.25) is 18.1 Å². The fourth-order valence-corrected chi connectivity index (χ4v) is 5.37. The molecule has 0 spiro atoms. The van der Waals surface area contributed by atoms with Crippen molar-refractivity contribution < 1.29 is 28.2 Å². The number of esters is 2. The Morgan fingerprint density at radius 1 is 1.09 bits per heavy atom. The van der Waals surface area contributed by atoms with Gasteiger partial charge in [0.1, 0.15) is 5.41 Å². The molecule has 2 aliphatic rings. The molecule has 0 radical (unpaired) electrons. The molecule has 0 bridgehead atoms. The van der Waals surface area contributed by atoms with Crippen LogP contribution >= 0.6 is 0 Å². The van der Waals surface area contributed by atoms with Crippen LogP contribution in [0.3, 0.4) is 0 Å². The highest BCUT2D eigenvalue weighted by Gasteiger charge is 2.64. The highest BCUT2D eigenvalue weighted by molar-refractivity contribution is 6.74. The molecule has 0 saturated carbocycles. The first-order chi connectivity index (χ1) is 15.0. The first kappa shape index (κ1) is 24.8. The molecule has 1 heterocycles. The van der Waals surface area contributed by atoms with E-state index in [1.54, 1.807) is 7.11 Å². The Balaban J connectivity index is 1.77. The van der Waals surface area contributed by atoms with Gasteiger partial charge in [0.2, 0.25) is 0 Å². The monoisotopic (exact) mass is 460 g/mol. The van der Waals surface area contributed by atoms with Crippen LogP contribution in [0.5, 0.6) is 0 Å². The third kappa shape index (κ3) is 4.76. The van der Waals surface area contributed by atoms with E-state index >= 15 is 0 Å². The summed E-state index contributed by atoms with van der Waals surface area (Å²) in [6, 6.07) is 9.85. The second-order valence-electron chi connectivity index (χ2n) is 10.3. The van der Waals surface area contributed by atoms with E-state index in [0.29, 0.717) is 26.2 Å². The van der Waals surface area contributed by atoms with E-state index in [4.69, 9.17) is 18.6 Å². The number of cyclic esters (lactones) is 2. The molecule has 3 rings (SSSR count). The number of fused-ring (bicyclic) bond motifs is 1. The van der Waals surface area contributed by atoms with Crippen LogP contribution in [0, 0.1) is 17.3 Å². The number of hydrogen-bond donors (Lipinski definition) is 0. The van der Waals surface area contributed by atoms with Gasteiger partial charge in [0, 0.05) is 26.2 Å². The summed E-state index contributed by atoms with van der Waals surface area (Å²) in [4.78, 5) is 25.9. The Kier molecular flexibility index (Phi) is 7.44. The van der Waals surface area contributed by atoms with Gasteiger partial charge < -0.3 is 18.6 Å². The first-order valence-electron chi connectivity index (χ1n) is 11.3. The van der Waals surface area contributed by atoms with Crippen molar-refractivity contribution >= 4 is 20.3 Å². The van der Waals surface area contributed by atoms with Gasteiger partial charge in [-0.2, -0.15) is 0 Å². The van der Waals surface area contributed by atoms with Crippen LogP contribution in [-0.2, 0) is 34.8 Å². The molecule has 1 aromatic rings. The van der Waals surface area contributed by atoms with Gasteiger partial charge in [-0.05, 0) is 30.1 Å². The lowest BCUT2D eigenvalue weighted by Crippen LogP contribution is -2.52. The van der Waals surface area contributed by atoms with E-state index in [2.05, 4.69) is 33.9 Å². The van der Waals surface area contributed by atoms with Crippen LogP contribution in [0.15, 0.2) is 42.5 Å². The molecule has 6 nitrogen and oxygen atoms in total. The smallest absolute Gasteiger partial charge is 0.323 e. The molecule has 4 atom stereocenters. The maximum atomic E-state index is 13.0. The zero-order valence-electron chi connectivity index (χ0n) is 20.1. The van der Waals surface area contributed by atoms with Gasteiger partial charge in [-0.25, -0.2) is 0 Å². The highest BCUT2D eigenvalue weighted by atomic mass is 28.4. The van der Waals surface area contributed by atoms with Gasteiger partial charge in [-0.3, -0.25) is 9.59 Å². The van der Waals surface area contributed by atoms with E-state index in [-0.39, 0.29) is 11.0 Å². The van der Waals surface area contributed by atoms with Crippen molar-refractivity contribution in [2.24, 2.45) is 17.3 Å². The summed E-state index contributed by atoms with van der Waals surface area (Å²) in [6.07, 6.45) is 3.63. The summed E-state index contributed by atoms with van der Waals surface area (Å²) in [5, 5.41) is 0.0504. The predicted molar refractivity (Wildman–Crippen MR) is 124 cm³/mol. The Hall–Kier alpha value is -1.80. The van der Waals surface area contributed by atoms with Crippen molar-refractivity contribution in [3.8, 4) is 0 Å². The minimum absolute atomic E-state index is 0.0504.